The summed E-state index contributed by atoms with van der Waals surface area (Å²) in [5.41, 5.74) is 1.13. The van der Waals surface area contributed by atoms with E-state index < -0.39 is 0 Å². The quantitative estimate of drug-likeness (QED) is 0.623. The number of guanidine groups is 1. The molecule has 0 bridgehead atoms. The maximum Gasteiger partial charge on any atom is 0.191 e. The van der Waals surface area contributed by atoms with Crippen LogP contribution < -0.4 is 15.4 Å². The maximum absolute atomic E-state index is 5.37. The summed E-state index contributed by atoms with van der Waals surface area (Å²) in [6, 6.07) is 8.04. The van der Waals surface area contributed by atoms with Gasteiger partial charge in [0, 0.05) is 32.2 Å². The van der Waals surface area contributed by atoms with Crippen molar-refractivity contribution in [2.45, 2.75) is 26.3 Å². The summed E-state index contributed by atoms with van der Waals surface area (Å²) in [7, 11) is 3.51. The molecule has 0 spiro atoms. The Morgan fingerprint density at radius 2 is 2.00 bits per heavy atom. The molecule has 0 amide bonds. The molecule has 5 nitrogen and oxygen atoms in total. The Morgan fingerprint density at radius 3 is 2.70 bits per heavy atom. The summed E-state index contributed by atoms with van der Waals surface area (Å²) >= 11 is 0. The fourth-order valence-corrected chi connectivity index (χ4v) is 2.87. The summed E-state index contributed by atoms with van der Waals surface area (Å²) in [5, 5.41) is 6.74. The Labute approximate surface area is 140 Å². The highest BCUT2D eigenvalue weighted by Crippen LogP contribution is 2.16. The van der Waals surface area contributed by atoms with Crippen molar-refractivity contribution in [1.82, 2.24) is 15.5 Å². The lowest BCUT2D eigenvalue weighted by Gasteiger charge is -2.30. The van der Waals surface area contributed by atoms with Gasteiger partial charge in [-0.3, -0.25) is 4.99 Å². The second-order valence-electron chi connectivity index (χ2n) is 6.19. The number of nitrogens with one attached hydrogen (secondary N) is 2. The van der Waals surface area contributed by atoms with Crippen LogP contribution in [0, 0.1) is 5.92 Å². The second-order valence-corrected chi connectivity index (χ2v) is 6.19. The molecule has 23 heavy (non-hydrogen) atoms. The predicted octanol–water partition coefficient (Wildman–Crippen LogP) is 2.09. The van der Waals surface area contributed by atoms with Crippen LogP contribution in [-0.4, -0.2) is 51.2 Å². The summed E-state index contributed by atoms with van der Waals surface area (Å²) in [4.78, 5) is 6.82. The zero-order chi connectivity index (χ0) is 16.5. The normalized spacial score (nSPS) is 17.1. The number of para-hydroxylation sites is 1. The van der Waals surface area contributed by atoms with E-state index in [2.05, 4.69) is 33.5 Å². The van der Waals surface area contributed by atoms with Crippen molar-refractivity contribution in [3.8, 4) is 5.75 Å². The highest BCUT2D eigenvalue weighted by molar-refractivity contribution is 5.79. The van der Waals surface area contributed by atoms with Gasteiger partial charge in [-0.25, -0.2) is 0 Å². The summed E-state index contributed by atoms with van der Waals surface area (Å²) in [6.07, 6.45) is 2.64. The van der Waals surface area contributed by atoms with Crippen LogP contribution in [0.2, 0.25) is 0 Å². The number of rotatable bonds is 6. The number of likely N-dealkylation sites (tertiary alicyclic amines) is 1. The largest absolute Gasteiger partial charge is 0.496 e. The summed E-state index contributed by atoms with van der Waals surface area (Å²) < 4.78 is 5.37. The van der Waals surface area contributed by atoms with Crippen molar-refractivity contribution in [3.63, 3.8) is 0 Å². The summed E-state index contributed by atoms with van der Waals surface area (Å²) in [6.45, 7) is 7.47. The topological polar surface area (TPSA) is 48.9 Å². The minimum atomic E-state index is 0.699. The fourth-order valence-electron chi connectivity index (χ4n) is 2.87. The van der Waals surface area contributed by atoms with Crippen molar-refractivity contribution >= 4 is 5.96 Å². The van der Waals surface area contributed by atoms with Gasteiger partial charge >= 0.3 is 0 Å². The average molecular weight is 318 g/mol. The zero-order valence-electron chi connectivity index (χ0n) is 14.6. The van der Waals surface area contributed by atoms with Crippen LogP contribution >= 0.6 is 0 Å². The van der Waals surface area contributed by atoms with Crippen LogP contribution in [0.1, 0.15) is 25.3 Å². The number of hydrogen-bond acceptors (Lipinski definition) is 3. The number of benzene rings is 1. The van der Waals surface area contributed by atoms with E-state index in [1.54, 1.807) is 14.2 Å². The molecule has 2 N–H and O–H groups in total. The van der Waals surface area contributed by atoms with Gasteiger partial charge in [-0.05, 0) is 37.9 Å². The molecule has 0 unspecified atom stereocenters. The molecule has 0 aliphatic carbocycles. The van der Waals surface area contributed by atoms with Gasteiger partial charge in [0.25, 0.3) is 0 Å². The van der Waals surface area contributed by atoms with E-state index in [4.69, 9.17) is 4.74 Å². The lowest BCUT2D eigenvalue weighted by atomic mass is 9.99. The van der Waals surface area contributed by atoms with E-state index in [1.165, 1.54) is 25.9 Å². The smallest absolute Gasteiger partial charge is 0.191 e. The molecular formula is C18H30N4O. The van der Waals surface area contributed by atoms with Crippen molar-refractivity contribution in [2.24, 2.45) is 10.9 Å². The molecule has 1 aromatic carbocycles. The molecular weight excluding hydrogens is 288 g/mol. The number of nitrogens with zero attached hydrogens (tertiary/aromatic N) is 2. The molecule has 1 heterocycles. The highest BCUT2D eigenvalue weighted by Gasteiger charge is 2.14. The van der Waals surface area contributed by atoms with Gasteiger partial charge in [0.15, 0.2) is 5.96 Å². The van der Waals surface area contributed by atoms with Crippen LogP contribution in [0.3, 0.4) is 0 Å². The highest BCUT2D eigenvalue weighted by atomic mass is 16.5. The van der Waals surface area contributed by atoms with Gasteiger partial charge in [-0.2, -0.15) is 0 Å². The standard InChI is InChI=1S/C18H30N4O/c1-15-8-11-22(12-9-15)13-10-20-18(19-2)21-14-16-6-4-5-7-17(16)23-3/h4-7,15H,8-14H2,1-3H3,(H2,19,20,21). The third kappa shape index (κ3) is 5.75. The number of methoxy groups -OCH3 is 1. The number of piperidine rings is 1. The van der Waals surface area contributed by atoms with E-state index in [0.29, 0.717) is 6.54 Å². The van der Waals surface area contributed by atoms with Crippen molar-refractivity contribution in [2.75, 3.05) is 40.3 Å². The Kier molecular flexibility index (Phi) is 7.20. The third-order valence-electron chi connectivity index (χ3n) is 4.46. The van der Waals surface area contributed by atoms with Gasteiger partial charge < -0.3 is 20.3 Å². The molecule has 1 aliphatic rings. The minimum Gasteiger partial charge on any atom is -0.496 e. The number of aliphatic imine (C=N–C) groups is 1. The molecule has 0 atom stereocenters. The average Bonchev–Trinajstić information content (AvgIpc) is 2.59. The second kappa shape index (κ2) is 9.40. The molecule has 0 aromatic heterocycles. The Balaban J connectivity index is 1.71. The van der Waals surface area contributed by atoms with E-state index in [1.807, 2.05) is 18.2 Å². The van der Waals surface area contributed by atoms with Gasteiger partial charge in [0.05, 0.1) is 7.11 Å². The lowest BCUT2D eigenvalue weighted by Crippen LogP contribution is -2.43. The SMILES string of the molecule is CN=C(NCCN1CCC(C)CC1)NCc1ccccc1OC. The first-order valence-electron chi connectivity index (χ1n) is 8.51. The zero-order valence-corrected chi connectivity index (χ0v) is 14.6. The molecule has 1 saturated heterocycles. The first-order chi connectivity index (χ1) is 11.2. The maximum atomic E-state index is 5.37. The minimum absolute atomic E-state index is 0.699. The van der Waals surface area contributed by atoms with Crippen LogP contribution in [0.25, 0.3) is 0 Å². The molecule has 0 saturated carbocycles. The van der Waals surface area contributed by atoms with Gasteiger partial charge in [0.1, 0.15) is 5.75 Å². The van der Waals surface area contributed by atoms with E-state index in [9.17, 15) is 0 Å². The van der Waals surface area contributed by atoms with Gasteiger partial charge in [-0.1, -0.05) is 25.1 Å². The predicted molar refractivity (Wildman–Crippen MR) is 96.0 cm³/mol. The van der Waals surface area contributed by atoms with Crippen LogP contribution in [0.15, 0.2) is 29.3 Å². The van der Waals surface area contributed by atoms with Crippen molar-refractivity contribution < 1.29 is 4.74 Å². The van der Waals surface area contributed by atoms with E-state index >= 15 is 0 Å². The van der Waals surface area contributed by atoms with Crippen LogP contribution in [0.4, 0.5) is 0 Å². The first-order valence-corrected chi connectivity index (χ1v) is 8.51. The molecule has 128 valence electrons. The van der Waals surface area contributed by atoms with Gasteiger partial charge in [-0.15, -0.1) is 0 Å². The fraction of sp³-hybridized carbons (Fsp3) is 0.611. The number of hydrogen-bond donors (Lipinski definition) is 2. The third-order valence-corrected chi connectivity index (χ3v) is 4.46. The molecule has 1 aliphatic heterocycles. The monoisotopic (exact) mass is 318 g/mol. The Hall–Kier alpha value is -1.75. The van der Waals surface area contributed by atoms with Gasteiger partial charge in [0.2, 0.25) is 0 Å². The molecule has 2 rings (SSSR count). The van der Waals surface area contributed by atoms with Crippen molar-refractivity contribution in [3.05, 3.63) is 29.8 Å². The Bertz CT molecular complexity index is 496. The van der Waals surface area contributed by atoms with Crippen LogP contribution in [0.5, 0.6) is 5.75 Å². The molecule has 1 aromatic rings. The Morgan fingerprint density at radius 1 is 1.26 bits per heavy atom. The van der Waals surface area contributed by atoms with Crippen LogP contribution in [-0.2, 0) is 6.54 Å². The van der Waals surface area contributed by atoms with Crippen molar-refractivity contribution in [1.29, 1.82) is 0 Å². The molecule has 0 radical (unpaired) electrons. The lowest BCUT2D eigenvalue weighted by molar-refractivity contribution is 0.195. The first kappa shape index (κ1) is 17.6. The summed E-state index contributed by atoms with van der Waals surface area (Å²) in [5.74, 6) is 2.62. The van der Waals surface area contributed by atoms with E-state index in [-0.39, 0.29) is 0 Å². The molecule has 5 heteroatoms. The van der Waals surface area contributed by atoms with E-state index in [0.717, 1.165) is 36.3 Å². The molecule has 1 fully saturated rings. The number of ether oxygens (including phenoxy) is 1.